The number of aryl methyl sites for hydroxylation is 1. The molecule has 25 heavy (non-hydrogen) atoms. The first-order valence-corrected chi connectivity index (χ1v) is 8.44. The summed E-state index contributed by atoms with van der Waals surface area (Å²) in [7, 11) is 0. The zero-order valence-corrected chi connectivity index (χ0v) is 14.3. The van der Waals surface area contributed by atoms with E-state index in [0.29, 0.717) is 17.5 Å². The van der Waals surface area contributed by atoms with Gasteiger partial charge in [-0.3, -0.25) is 9.36 Å². The number of nitrogens with zero attached hydrogens (tertiary/aromatic N) is 5. The highest BCUT2D eigenvalue weighted by atomic mass is 16.1. The Balaban J connectivity index is 1.59. The largest absolute Gasteiger partial charge is 0.307 e. The van der Waals surface area contributed by atoms with Gasteiger partial charge in [0.2, 0.25) is 0 Å². The van der Waals surface area contributed by atoms with E-state index in [2.05, 4.69) is 27.5 Å². The van der Waals surface area contributed by atoms with Crippen molar-refractivity contribution < 1.29 is 4.79 Å². The van der Waals surface area contributed by atoms with Gasteiger partial charge in [0, 0.05) is 16.8 Å². The monoisotopic (exact) mass is 336 g/mol. The summed E-state index contributed by atoms with van der Waals surface area (Å²) in [6, 6.07) is 7.67. The number of rotatable bonds is 5. The molecule has 0 radical (unpaired) electrons. The molecule has 1 fully saturated rings. The number of carbonyl (C=O) groups is 1. The van der Waals surface area contributed by atoms with Crippen LogP contribution in [0.4, 0.5) is 5.82 Å². The molecule has 1 aromatic carbocycles. The van der Waals surface area contributed by atoms with Crippen molar-refractivity contribution in [2.45, 2.75) is 32.7 Å². The van der Waals surface area contributed by atoms with Crippen molar-refractivity contribution >= 4 is 11.7 Å². The molecule has 7 nitrogen and oxygen atoms in total. The van der Waals surface area contributed by atoms with Gasteiger partial charge in [0.05, 0.1) is 12.2 Å². The summed E-state index contributed by atoms with van der Waals surface area (Å²) in [6.45, 7) is 4.12. The lowest BCUT2D eigenvalue weighted by Crippen LogP contribution is -2.19. The molecule has 0 saturated heterocycles. The van der Waals surface area contributed by atoms with E-state index in [1.165, 1.54) is 12.8 Å². The number of hydrogen-bond acceptors (Lipinski definition) is 4. The van der Waals surface area contributed by atoms with Crippen LogP contribution in [0.5, 0.6) is 0 Å². The van der Waals surface area contributed by atoms with Crippen LogP contribution in [-0.2, 0) is 0 Å². The quantitative estimate of drug-likeness (QED) is 0.777. The molecular formula is C18H20N6O. The van der Waals surface area contributed by atoms with E-state index in [1.807, 2.05) is 36.0 Å². The Morgan fingerprint density at radius 3 is 2.76 bits per heavy atom. The lowest BCUT2D eigenvalue weighted by molar-refractivity contribution is 0.102. The van der Waals surface area contributed by atoms with E-state index < -0.39 is 0 Å². The van der Waals surface area contributed by atoms with Gasteiger partial charge in [0.1, 0.15) is 18.5 Å². The highest BCUT2D eigenvalue weighted by Gasteiger charge is 2.31. The molecule has 1 aliphatic rings. The third-order valence-corrected chi connectivity index (χ3v) is 4.73. The maximum Gasteiger partial charge on any atom is 0.256 e. The van der Waals surface area contributed by atoms with Gasteiger partial charge in [-0.05, 0) is 50.8 Å². The lowest BCUT2D eigenvalue weighted by atomic mass is 10.2. The number of amides is 1. The van der Waals surface area contributed by atoms with E-state index in [1.54, 1.807) is 23.3 Å². The lowest BCUT2D eigenvalue weighted by Gasteiger charge is -2.16. The Morgan fingerprint density at radius 2 is 2.04 bits per heavy atom. The Bertz CT molecular complexity index is 894. The van der Waals surface area contributed by atoms with Crippen molar-refractivity contribution in [2.24, 2.45) is 5.92 Å². The zero-order valence-electron chi connectivity index (χ0n) is 14.3. The molecule has 4 rings (SSSR count). The van der Waals surface area contributed by atoms with Crippen molar-refractivity contribution in [3.8, 4) is 5.69 Å². The van der Waals surface area contributed by atoms with Crippen LogP contribution in [0.3, 0.4) is 0 Å². The second-order valence-corrected chi connectivity index (χ2v) is 6.57. The van der Waals surface area contributed by atoms with Crippen LogP contribution in [0.1, 0.15) is 41.7 Å². The van der Waals surface area contributed by atoms with Crippen molar-refractivity contribution in [2.75, 3.05) is 5.32 Å². The molecule has 0 aliphatic heterocycles. The maximum atomic E-state index is 12.8. The summed E-state index contributed by atoms with van der Waals surface area (Å²) in [5, 5.41) is 15.1. The van der Waals surface area contributed by atoms with E-state index in [-0.39, 0.29) is 5.91 Å². The third-order valence-electron chi connectivity index (χ3n) is 4.73. The molecular weight excluding hydrogens is 316 g/mol. The van der Waals surface area contributed by atoms with Crippen LogP contribution in [0.25, 0.3) is 5.69 Å². The average Bonchev–Trinajstić information content (AvgIpc) is 3.21. The fourth-order valence-electron chi connectivity index (χ4n) is 3.01. The Hall–Kier alpha value is -2.96. The molecule has 128 valence electrons. The molecule has 0 spiro atoms. The molecule has 7 heteroatoms. The van der Waals surface area contributed by atoms with Gasteiger partial charge in [-0.15, -0.1) is 10.2 Å². The fourth-order valence-corrected chi connectivity index (χ4v) is 3.01. The molecule has 1 atom stereocenters. The fraction of sp³-hybridized carbons (Fsp3) is 0.333. The maximum absolute atomic E-state index is 12.8. The second-order valence-electron chi connectivity index (χ2n) is 6.57. The first kappa shape index (κ1) is 15.6. The Kier molecular flexibility index (Phi) is 3.83. The van der Waals surface area contributed by atoms with Crippen LogP contribution in [0.2, 0.25) is 0 Å². The Morgan fingerprint density at radius 1 is 1.28 bits per heavy atom. The number of anilines is 1. The molecule has 1 saturated carbocycles. The number of nitrogens with one attached hydrogen (secondary N) is 1. The van der Waals surface area contributed by atoms with Gasteiger partial charge >= 0.3 is 0 Å². The molecule has 0 unspecified atom stereocenters. The molecule has 0 bridgehead atoms. The van der Waals surface area contributed by atoms with E-state index in [9.17, 15) is 4.79 Å². The molecule has 2 heterocycles. The normalized spacial score (nSPS) is 15.1. The SMILES string of the molecule is Cc1cnn([C@@H](C)C2CC2)c1NC(=O)c1cccc(-n2cnnc2)c1. The molecule has 3 aromatic rings. The van der Waals surface area contributed by atoms with E-state index in [0.717, 1.165) is 17.1 Å². The van der Waals surface area contributed by atoms with Crippen molar-refractivity contribution in [3.63, 3.8) is 0 Å². The standard InChI is InChI=1S/C18H20N6O/c1-12-9-21-24(13(2)14-6-7-14)17(12)22-18(25)15-4-3-5-16(8-15)23-10-19-20-11-23/h3-5,8-11,13-14H,6-7H2,1-2H3,(H,22,25)/t13-/m0/s1. The number of aromatic nitrogens is 5. The zero-order chi connectivity index (χ0) is 17.4. The second kappa shape index (κ2) is 6.16. The van der Waals surface area contributed by atoms with Crippen LogP contribution in [0.15, 0.2) is 43.1 Å². The predicted octanol–water partition coefficient (Wildman–Crippen LogP) is 3.00. The van der Waals surface area contributed by atoms with Gasteiger partial charge in [-0.25, -0.2) is 4.68 Å². The van der Waals surface area contributed by atoms with Crippen molar-refractivity contribution in [3.05, 3.63) is 54.2 Å². The minimum Gasteiger partial charge on any atom is -0.307 e. The minimum atomic E-state index is -0.150. The Labute approximate surface area is 145 Å². The molecule has 1 amide bonds. The summed E-state index contributed by atoms with van der Waals surface area (Å²) in [5.41, 5.74) is 2.39. The van der Waals surface area contributed by atoms with Crippen LogP contribution in [0, 0.1) is 12.8 Å². The highest BCUT2D eigenvalue weighted by Crippen LogP contribution is 2.40. The molecule has 1 aliphatic carbocycles. The first-order valence-electron chi connectivity index (χ1n) is 8.44. The summed E-state index contributed by atoms with van der Waals surface area (Å²) in [6.07, 6.45) is 7.48. The topological polar surface area (TPSA) is 77.6 Å². The van der Waals surface area contributed by atoms with Crippen molar-refractivity contribution in [1.82, 2.24) is 24.5 Å². The van der Waals surface area contributed by atoms with E-state index >= 15 is 0 Å². The number of carbonyl (C=O) groups excluding carboxylic acids is 1. The molecule has 2 aromatic heterocycles. The van der Waals surface area contributed by atoms with Crippen LogP contribution < -0.4 is 5.32 Å². The van der Waals surface area contributed by atoms with Crippen LogP contribution >= 0.6 is 0 Å². The summed E-state index contributed by atoms with van der Waals surface area (Å²) >= 11 is 0. The van der Waals surface area contributed by atoms with E-state index in [4.69, 9.17) is 0 Å². The van der Waals surface area contributed by atoms with Gasteiger partial charge < -0.3 is 5.32 Å². The summed E-state index contributed by atoms with van der Waals surface area (Å²) < 4.78 is 3.70. The minimum absolute atomic E-state index is 0.150. The van der Waals surface area contributed by atoms with Crippen LogP contribution in [-0.4, -0.2) is 30.5 Å². The first-order chi connectivity index (χ1) is 12.1. The smallest absolute Gasteiger partial charge is 0.256 e. The number of benzene rings is 1. The number of hydrogen-bond donors (Lipinski definition) is 1. The van der Waals surface area contributed by atoms with Gasteiger partial charge in [0.25, 0.3) is 5.91 Å². The average molecular weight is 336 g/mol. The predicted molar refractivity (Wildman–Crippen MR) is 93.7 cm³/mol. The van der Waals surface area contributed by atoms with Gasteiger partial charge in [-0.1, -0.05) is 6.07 Å². The van der Waals surface area contributed by atoms with Crippen molar-refractivity contribution in [1.29, 1.82) is 0 Å². The highest BCUT2D eigenvalue weighted by molar-refractivity contribution is 6.04. The third kappa shape index (κ3) is 3.05. The summed E-state index contributed by atoms with van der Waals surface area (Å²) in [4.78, 5) is 12.8. The summed E-state index contributed by atoms with van der Waals surface area (Å²) in [5.74, 6) is 1.29. The molecule has 1 N–H and O–H groups in total. The van der Waals surface area contributed by atoms with Gasteiger partial charge in [0.15, 0.2) is 0 Å². The van der Waals surface area contributed by atoms with Gasteiger partial charge in [-0.2, -0.15) is 5.10 Å².